The lowest BCUT2D eigenvalue weighted by Crippen LogP contribution is -2.33. The molecule has 0 saturated carbocycles. The molecule has 1 aliphatic rings. The van der Waals surface area contributed by atoms with Gasteiger partial charge in [-0.2, -0.15) is 4.98 Å². The first-order valence-electron chi connectivity index (χ1n) is 14.2. The van der Waals surface area contributed by atoms with E-state index in [1.165, 1.54) is 17.1 Å². The number of aromatic amines is 1. The summed E-state index contributed by atoms with van der Waals surface area (Å²) in [5, 5.41) is 28.7. The number of benzene rings is 1. The van der Waals surface area contributed by atoms with Gasteiger partial charge in [-0.15, -0.1) is 0 Å². The average Bonchev–Trinajstić information content (AvgIpc) is 3.73. The summed E-state index contributed by atoms with van der Waals surface area (Å²) in [6.07, 6.45) is -0.0186. The molecule has 5 atom stereocenters. The third-order valence-electron chi connectivity index (χ3n) is 6.09. The highest BCUT2D eigenvalue weighted by Crippen LogP contribution is 2.31. The second kappa shape index (κ2) is 20.6. The van der Waals surface area contributed by atoms with Crippen molar-refractivity contribution in [3.05, 3.63) is 70.8 Å². The summed E-state index contributed by atoms with van der Waals surface area (Å²) in [4.78, 5) is 102. The van der Waals surface area contributed by atoms with Crippen molar-refractivity contribution >= 4 is 46.5 Å². The zero-order chi connectivity index (χ0) is 40.9. The first-order valence-corrected chi connectivity index (χ1v) is 18.9. The summed E-state index contributed by atoms with van der Waals surface area (Å²) in [7, 11) is -13.9. The summed E-state index contributed by atoms with van der Waals surface area (Å²) < 4.78 is 40.1. The maximum Gasteiger partial charge on any atom is 0.466 e. The number of hydrogen-bond donors (Lipinski definition) is 14. The minimum absolute atomic E-state index is 0.0388. The number of phosphoric acid groups is 3. The molecule has 4 heterocycles. The van der Waals surface area contributed by atoms with Crippen LogP contribution in [0.25, 0.3) is 11.2 Å². The molecule has 53 heavy (non-hydrogen) atoms. The van der Waals surface area contributed by atoms with Crippen LogP contribution in [0.1, 0.15) is 42.2 Å². The highest BCUT2D eigenvalue weighted by atomic mass is 31.2. The van der Waals surface area contributed by atoms with Gasteiger partial charge in [0.05, 0.1) is 38.1 Å². The lowest BCUT2D eigenvalue weighted by molar-refractivity contribution is -0.0511. The van der Waals surface area contributed by atoms with Gasteiger partial charge in [0.2, 0.25) is 5.95 Å². The first-order chi connectivity index (χ1) is 24.3. The van der Waals surface area contributed by atoms with Crippen molar-refractivity contribution < 1.29 is 87.3 Å². The lowest BCUT2D eigenvalue weighted by Gasteiger charge is -2.16. The zero-order valence-corrected chi connectivity index (χ0v) is 30.0. The average molecular weight is 822 g/mol. The molecular formula is C24H38N7O19P3. The number of imidazole rings is 2. The number of fused-ring (bicyclic) bond motifs is 1. The standard InChI is InChI=1S/C14H16N2O2.C10H13N5O5.3H3O4P/c1-3-18-14(17)13-9-15-10-16(13)11(2)12-7-5-4-6-8-12;11-10-13-7-4(8(19)14-10)12-2-15(7)9-6(18)5(17)3(1-16)20-9;3*1-5(2,3)4/h4-11H,3H2,1-2H3;2-3,5-6,9,16-18H,1H2,(H3,11,13,14,19);3*(H3,1,2,3,4)/t;3-,5-,6-,9-;;;/m.1.../s1. The second-order valence-corrected chi connectivity index (χ2v) is 13.1. The number of nitrogens with zero attached hydrogens (tertiary/aromatic N) is 5. The molecule has 1 aromatic carbocycles. The number of aliphatic hydroxyl groups is 3. The van der Waals surface area contributed by atoms with E-state index in [-0.39, 0.29) is 29.1 Å². The van der Waals surface area contributed by atoms with Crippen LogP contribution in [-0.4, -0.2) is 126 Å². The van der Waals surface area contributed by atoms with Gasteiger partial charge in [-0.3, -0.25) is 14.3 Å². The minimum atomic E-state index is -4.64. The molecule has 0 spiro atoms. The number of esters is 1. The van der Waals surface area contributed by atoms with E-state index in [1.807, 2.05) is 41.8 Å². The van der Waals surface area contributed by atoms with Gasteiger partial charge < -0.3 is 79.1 Å². The lowest BCUT2D eigenvalue weighted by atomic mass is 10.1. The van der Waals surface area contributed by atoms with Crippen LogP contribution < -0.4 is 11.3 Å². The van der Waals surface area contributed by atoms with Crippen molar-refractivity contribution in [1.82, 2.24) is 29.1 Å². The second-order valence-electron chi connectivity index (χ2n) is 10.0. The highest BCUT2D eigenvalue weighted by molar-refractivity contribution is 7.45. The molecular weight excluding hydrogens is 783 g/mol. The van der Waals surface area contributed by atoms with Crippen molar-refractivity contribution in [3.63, 3.8) is 0 Å². The predicted molar refractivity (Wildman–Crippen MR) is 177 cm³/mol. The Balaban J connectivity index is 0.000000387. The maximum atomic E-state index is 11.8. The molecule has 0 amide bonds. The van der Waals surface area contributed by atoms with Crippen LogP contribution in [0.4, 0.5) is 5.95 Å². The van der Waals surface area contributed by atoms with E-state index < -0.39 is 60.2 Å². The Kier molecular flexibility index (Phi) is 18.4. The first kappa shape index (κ1) is 47.2. The molecule has 1 saturated heterocycles. The molecule has 5 rings (SSSR count). The molecule has 26 nitrogen and oxygen atoms in total. The summed E-state index contributed by atoms with van der Waals surface area (Å²) in [6, 6.07) is 10.0. The van der Waals surface area contributed by atoms with Gasteiger partial charge in [-0.1, -0.05) is 30.3 Å². The highest BCUT2D eigenvalue weighted by Gasteiger charge is 2.44. The van der Waals surface area contributed by atoms with Gasteiger partial charge in [0.15, 0.2) is 17.4 Å². The minimum Gasteiger partial charge on any atom is -0.461 e. The van der Waals surface area contributed by atoms with Crippen LogP contribution in [0.3, 0.4) is 0 Å². The number of H-pyrrole nitrogens is 1. The molecule has 1 unspecified atom stereocenters. The van der Waals surface area contributed by atoms with E-state index in [1.54, 1.807) is 13.3 Å². The van der Waals surface area contributed by atoms with Crippen molar-refractivity contribution in [1.29, 1.82) is 0 Å². The number of aliphatic hydroxyl groups excluding tert-OH is 3. The predicted octanol–water partition coefficient (Wildman–Crippen LogP) is -2.80. The molecule has 4 aromatic rings. The van der Waals surface area contributed by atoms with Crippen LogP contribution in [0, 0.1) is 0 Å². The Hall–Kier alpha value is -3.78. The Morgan fingerprint density at radius 2 is 1.49 bits per heavy atom. The Bertz CT molecular complexity index is 1870. The SMILES string of the molecule is CCOC(=O)c1cncn1C(C)c1ccccc1.Nc1nc2c(ncn2[C@@H]2O[C@H](CO)[C@@H](O)[C@H]2O)c(=O)[nH]1.O=P(O)(O)O.O=P(O)(O)O.O=P(O)(O)O. The van der Waals surface area contributed by atoms with E-state index in [0.29, 0.717) is 12.3 Å². The van der Waals surface area contributed by atoms with Gasteiger partial charge in [0, 0.05) is 0 Å². The molecule has 298 valence electrons. The number of rotatable bonds is 6. The molecule has 3 aromatic heterocycles. The fourth-order valence-corrected chi connectivity index (χ4v) is 4.11. The molecule has 1 aliphatic heterocycles. The number of nitrogens with two attached hydrogens (primary N) is 1. The smallest absolute Gasteiger partial charge is 0.461 e. The van der Waals surface area contributed by atoms with Gasteiger partial charge in [0.25, 0.3) is 5.56 Å². The van der Waals surface area contributed by atoms with Crippen molar-refractivity contribution in [2.45, 2.75) is 44.4 Å². The van der Waals surface area contributed by atoms with E-state index in [0.717, 1.165) is 5.56 Å². The van der Waals surface area contributed by atoms with Crippen LogP contribution >= 0.6 is 23.5 Å². The largest absolute Gasteiger partial charge is 0.466 e. The normalized spacial score (nSPS) is 18.8. The monoisotopic (exact) mass is 821 g/mol. The van der Waals surface area contributed by atoms with E-state index in [4.69, 9.17) is 78.0 Å². The van der Waals surface area contributed by atoms with E-state index >= 15 is 0 Å². The number of ether oxygens (including phenoxy) is 2. The summed E-state index contributed by atoms with van der Waals surface area (Å²) >= 11 is 0. The number of aromatic nitrogens is 6. The van der Waals surface area contributed by atoms with Gasteiger partial charge >= 0.3 is 29.4 Å². The van der Waals surface area contributed by atoms with Gasteiger partial charge in [-0.25, -0.2) is 28.5 Å². The van der Waals surface area contributed by atoms with E-state index in [9.17, 15) is 19.8 Å². The summed E-state index contributed by atoms with van der Waals surface area (Å²) in [6.45, 7) is 3.74. The number of nitrogen functional groups attached to an aromatic ring is 1. The number of nitrogens with one attached hydrogen (secondary N) is 1. The molecule has 15 N–H and O–H groups in total. The quantitative estimate of drug-likeness (QED) is 0.0689. The fourth-order valence-electron chi connectivity index (χ4n) is 4.11. The number of carbonyl (C=O) groups is 1. The van der Waals surface area contributed by atoms with Crippen LogP contribution in [-0.2, 0) is 23.2 Å². The van der Waals surface area contributed by atoms with Crippen LogP contribution in [0.2, 0.25) is 0 Å². The molecule has 0 bridgehead atoms. The number of hydrogen-bond acceptors (Lipinski definition) is 14. The summed E-state index contributed by atoms with van der Waals surface area (Å²) in [5.74, 6) is -0.436. The third kappa shape index (κ3) is 17.7. The van der Waals surface area contributed by atoms with Gasteiger partial charge in [-0.05, 0) is 19.4 Å². The van der Waals surface area contributed by atoms with E-state index in [2.05, 4.69) is 19.9 Å². The topological polar surface area (TPSA) is 437 Å². The Morgan fingerprint density at radius 3 is 1.96 bits per heavy atom. The molecule has 0 aliphatic carbocycles. The summed E-state index contributed by atoms with van der Waals surface area (Å²) in [5.41, 5.74) is 6.72. The molecule has 0 radical (unpaired) electrons. The van der Waals surface area contributed by atoms with Crippen LogP contribution in [0.5, 0.6) is 0 Å². The zero-order valence-electron chi connectivity index (χ0n) is 27.3. The Morgan fingerprint density at radius 1 is 0.962 bits per heavy atom. The Labute approximate surface area is 297 Å². The third-order valence-corrected chi connectivity index (χ3v) is 6.09. The number of anilines is 1. The maximum absolute atomic E-state index is 11.8. The van der Waals surface area contributed by atoms with Crippen molar-refractivity contribution in [3.8, 4) is 0 Å². The van der Waals surface area contributed by atoms with Gasteiger partial charge in [0.1, 0.15) is 24.0 Å². The van der Waals surface area contributed by atoms with Crippen molar-refractivity contribution in [2.24, 2.45) is 0 Å². The molecule has 1 fully saturated rings. The molecule has 29 heteroatoms. The van der Waals surface area contributed by atoms with Crippen molar-refractivity contribution in [2.75, 3.05) is 18.9 Å². The number of carbonyl (C=O) groups excluding carboxylic acids is 1. The fraction of sp³-hybridized carbons (Fsp3) is 0.375. The van der Waals surface area contributed by atoms with Crippen LogP contribution in [0.15, 0.2) is 54.0 Å².